The van der Waals surface area contributed by atoms with Crippen molar-refractivity contribution in [3.05, 3.63) is 35.9 Å². The molecule has 0 aliphatic carbocycles. The van der Waals surface area contributed by atoms with Crippen molar-refractivity contribution in [2.45, 2.75) is 13.5 Å². The number of tetrazole rings is 1. The van der Waals surface area contributed by atoms with Gasteiger partial charge in [-0.3, -0.25) is 9.78 Å². The van der Waals surface area contributed by atoms with Gasteiger partial charge in [0.25, 0.3) is 5.91 Å². The number of amides is 1. The molecular weight excluding hydrogens is 220 g/mol. The largest absolute Gasteiger partial charge is 0.331 e. The Kier molecular flexibility index (Phi) is 3.39. The van der Waals surface area contributed by atoms with Gasteiger partial charge in [0.2, 0.25) is 0 Å². The van der Waals surface area contributed by atoms with E-state index in [1.807, 2.05) is 6.92 Å². The van der Waals surface area contributed by atoms with Gasteiger partial charge in [-0.2, -0.15) is 5.21 Å². The molecule has 2 heterocycles. The first kappa shape index (κ1) is 11.2. The molecule has 0 saturated carbocycles. The number of rotatable bonds is 4. The summed E-state index contributed by atoms with van der Waals surface area (Å²) < 4.78 is 0. The number of nitrogens with one attached hydrogen (secondary N) is 1. The van der Waals surface area contributed by atoms with Gasteiger partial charge in [-0.15, -0.1) is 10.2 Å². The maximum Gasteiger partial charge on any atom is 0.255 e. The number of aromatic nitrogens is 5. The molecule has 2 rings (SSSR count). The fraction of sp³-hybridized carbons (Fsp3) is 0.300. The summed E-state index contributed by atoms with van der Waals surface area (Å²) in [7, 11) is 0. The van der Waals surface area contributed by atoms with Crippen LogP contribution in [0.5, 0.6) is 0 Å². The third kappa shape index (κ3) is 2.63. The highest BCUT2D eigenvalue weighted by Crippen LogP contribution is 2.05. The Morgan fingerprint density at radius 3 is 3.00 bits per heavy atom. The molecule has 0 spiro atoms. The first-order chi connectivity index (χ1) is 8.31. The minimum Gasteiger partial charge on any atom is -0.331 e. The number of carbonyl (C=O) groups is 1. The predicted molar refractivity (Wildman–Crippen MR) is 58.8 cm³/mol. The second kappa shape index (κ2) is 5.15. The third-order valence-corrected chi connectivity index (χ3v) is 2.30. The Balaban J connectivity index is 2.11. The zero-order valence-electron chi connectivity index (χ0n) is 9.37. The van der Waals surface area contributed by atoms with E-state index in [0.29, 0.717) is 24.5 Å². The lowest BCUT2D eigenvalue weighted by molar-refractivity contribution is 0.0748. The minimum atomic E-state index is -0.0922. The number of hydrogen-bond donors (Lipinski definition) is 1. The van der Waals surface area contributed by atoms with E-state index >= 15 is 0 Å². The summed E-state index contributed by atoms with van der Waals surface area (Å²) in [5, 5.41) is 13.5. The van der Waals surface area contributed by atoms with E-state index in [2.05, 4.69) is 25.6 Å². The highest BCUT2D eigenvalue weighted by Gasteiger charge is 2.16. The zero-order valence-corrected chi connectivity index (χ0v) is 9.37. The van der Waals surface area contributed by atoms with Gasteiger partial charge in [0.05, 0.1) is 12.1 Å². The molecule has 0 atom stereocenters. The Morgan fingerprint density at radius 2 is 2.41 bits per heavy atom. The second-order valence-corrected chi connectivity index (χ2v) is 3.39. The highest BCUT2D eigenvalue weighted by atomic mass is 16.2. The summed E-state index contributed by atoms with van der Waals surface area (Å²) in [4.78, 5) is 17.7. The summed E-state index contributed by atoms with van der Waals surface area (Å²) in [6, 6.07) is 3.46. The van der Waals surface area contributed by atoms with Crippen molar-refractivity contribution < 1.29 is 4.79 Å². The third-order valence-electron chi connectivity index (χ3n) is 2.30. The molecule has 0 aliphatic rings. The van der Waals surface area contributed by atoms with E-state index in [9.17, 15) is 4.79 Å². The van der Waals surface area contributed by atoms with Crippen molar-refractivity contribution >= 4 is 5.91 Å². The molecule has 2 aromatic rings. The van der Waals surface area contributed by atoms with Crippen LogP contribution in [0.3, 0.4) is 0 Å². The van der Waals surface area contributed by atoms with Crippen LogP contribution in [0, 0.1) is 0 Å². The molecule has 0 aliphatic heterocycles. The molecule has 1 amide bonds. The summed E-state index contributed by atoms with van der Waals surface area (Å²) in [6.07, 6.45) is 3.17. The van der Waals surface area contributed by atoms with Crippen LogP contribution in [0.1, 0.15) is 23.1 Å². The van der Waals surface area contributed by atoms with E-state index in [0.717, 1.165) is 0 Å². The summed E-state index contributed by atoms with van der Waals surface area (Å²) in [6.45, 7) is 2.80. The van der Waals surface area contributed by atoms with Gasteiger partial charge < -0.3 is 4.90 Å². The fourth-order valence-corrected chi connectivity index (χ4v) is 1.42. The van der Waals surface area contributed by atoms with Crippen LogP contribution in [0.25, 0.3) is 0 Å². The Hall–Kier alpha value is -2.31. The van der Waals surface area contributed by atoms with Gasteiger partial charge in [-0.05, 0) is 19.1 Å². The molecular formula is C10H12N6O. The standard InChI is InChI=1S/C10H12N6O/c1-2-16(7-9-12-14-15-13-9)10(17)8-4-3-5-11-6-8/h3-6H,2,7H2,1H3,(H,12,13,14,15). The summed E-state index contributed by atoms with van der Waals surface area (Å²) >= 11 is 0. The SMILES string of the molecule is CCN(Cc1nn[nH]n1)C(=O)c1cccnc1. The van der Waals surface area contributed by atoms with Gasteiger partial charge in [0.15, 0.2) is 5.82 Å². The number of carbonyl (C=O) groups excluding carboxylic acids is 1. The molecule has 88 valence electrons. The van der Waals surface area contributed by atoms with Crippen LogP contribution >= 0.6 is 0 Å². The van der Waals surface area contributed by atoms with Crippen molar-refractivity contribution in [3.63, 3.8) is 0 Å². The van der Waals surface area contributed by atoms with Crippen LogP contribution in [-0.4, -0.2) is 43.0 Å². The van der Waals surface area contributed by atoms with Gasteiger partial charge >= 0.3 is 0 Å². The molecule has 0 fully saturated rings. The molecule has 2 aromatic heterocycles. The van der Waals surface area contributed by atoms with Crippen molar-refractivity contribution in [1.29, 1.82) is 0 Å². The van der Waals surface area contributed by atoms with Gasteiger partial charge in [-0.1, -0.05) is 5.21 Å². The number of H-pyrrole nitrogens is 1. The Bertz CT molecular complexity index is 469. The average molecular weight is 232 g/mol. The van der Waals surface area contributed by atoms with Crippen LogP contribution in [0.15, 0.2) is 24.5 Å². The fourth-order valence-electron chi connectivity index (χ4n) is 1.42. The lowest BCUT2D eigenvalue weighted by atomic mass is 10.2. The van der Waals surface area contributed by atoms with E-state index < -0.39 is 0 Å². The normalized spacial score (nSPS) is 10.2. The summed E-state index contributed by atoms with van der Waals surface area (Å²) in [5.41, 5.74) is 0.554. The molecule has 0 aromatic carbocycles. The van der Waals surface area contributed by atoms with Crippen LogP contribution in [0.4, 0.5) is 0 Å². The molecule has 0 saturated heterocycles. The first-order valence-electron chi connectivity index (χ1n) is 5.23. The van der Waals surface area contributed by atoms with Gasteiger partial charge in [0, 0.05) is 18.9 Å². The van der Waals surface area contributed by atoms with E-state index in [1.165, 1.54) is 0 Å². The lowest BCUT2D eigenvalue weighted by Gasteiger charge is -2.18. The van der Waals surface area contributed by atoms with Gasteiger partial charge in [0.1, 0.15) is 0 Å². The molecule has 17 heavy (non-hydrogen) atoms. The molecule has 0 radical (unpaired) electrons. The smallest absolute Gasteiger partial charge is 0.255 e. The van der Waals surface area contributed by atoms with Crippen LogP contribution in [-0.2, 0) is 6.54 Å². The Morgan fingerprint density at radius 1 is 1.53 bits per heavy atom. The van der Waals surface area contributed by atoms with Crippen molar-refractivity contribution in [3.8, 4) is 0 Å². The van der Waals surface area contributed by atoms with Crippen molar-refractivity contribution in [2.75, 3.05) is 6.54 Å². The maximum atomic E-state index is 12.1. The quantitative estimate of drug-likeness (QED) is 0.816. The van der Waals surface area contributed by atoms with Crippen LogP contribution < -0.4 is 0 Å². The minimum absolute atomic E-state index is 0.0922. The van der Waals surface area contributed by atoms with E-state index in [4.69, 9.17) is 0 Å². The average Bonchev–Trinajstić information content (AvgIpc) is 2.89. The van der Waals surface area contributed by atoms with E-state index in [1.54, 1.807) is 29.4 Å². The predicted octanol–water partition coefficient (Wildman–Crippen LogP) is 0.257. The van der Waals surface area contributed by atoms with Crippen LogP contribution in [0.2, 0.25) is 0 Å². The Labute approximate surface area is 97.9 Å². The topological polar surface area (TPSA) is 87.7 Å². The highest BCUT2D eigenvalue weighted by molar-refractivity contribution is 5.93. The second-order valence-electron chi connectivity index (χ2n) is 3.39. The molecule has 7 nitrogen and oxygen atoms in total. The monoisotopic (exact) mass is 232 g/mol. The van der Waals surface area contributed by atoms with Crippen molar-refractivity contribution in [2.24, 2.45) is 0 Å². The van der Waals surface area contributed by atoms with E-state index in [-0.39, 0.29) is 5.91 Å². The molecule has 0 bridgehead atoms. The molecule has 1 N–H and O–H groups in total. The number of hydrogen-bond acceptors (Lipinski definition) is 5. The number of nitrogens with zero attached hydrogens (tertiary/aromatic N) is 5. The molecule has 7 heteroatoms. The maximum absolute atomic E-state index is 12.1. The molecule has 0 unspecified atom stereocenters. The summed E-state index contributed by atoms with van der Waals surface area (Å²) in [5.74, 6) is 0.398. The van der Waals surface area contributed by atoms with Gasteiger partial charge in [-0.25, -0.2) is 0 Å². The number of pyridine rings is 1. The zero-order chi connectivity index (χ0) is 12.1. The number of aromatic amines is 1. The van der Waals surface area contributed by atoms with Crippen molar-refractivity contribution in [1.82, 2.24) is 30.5 Å². The lowest BCUT2D eigenvalue weighted by Crippen LogP contribution is -2.30. The first-order valence-corrected chi connectivity index (χ1v) is 5.23.